The molecule has 4 heteroatoms. The molecule has 0 unspecified atom stereocenters. The molecule has 2 aromatic carbocycles. The van der Waals surface area contributed by atoms with E-state index in [9.17, 15) is 9.59 Å². The minimum atomic E-state index is -0.507. The standard InChI is InChI=1S/C23H30N2O2/c1-18(2)16-24-23(27)19(3)25(17-21-12-8-5-9-13-21)22(26)15-14-20-10-6-4-7-11-20/h4-13,18-19H,14-17H2,1-3H3,(H,24,27)/t19-/m1/s1. The number of carbonyl (C=O) groups excluding carboxylic acids is 2. The lowest BCUT2D eigenvalue weighted by molar-refractivity contribution is -0.140. The van der Waals surface area contributed by atoms with Crippen molar-refractivity contribution in [2.75, 3.05) is 6.54 Å². The van der Waals surface area contributed by atoms with Crippen LogP contribution < -0.4 is 5.32 Å². The molecule has 27 heavy (non-hydrogen) atoms. The van der Waals surface area contributed by atoms with Crippen molar-refractivity contribution in [1.29, 1.82) is 0 Å². The molecule has 0 aliphatic rings. The van der Waals surface area contributed by atoms with E-state index >= 15 is 0 Å². The predicted molar refractivity (Wildman–Crippen MR) is 109 cm³/mol. The van der Waals surface area contributed by atoms with E-state index in [4.69, 9.17) is 0 Å². The summed E-state index contributed by atoms with van der Waals surface area (Å²) in [6.07, 6.45) is 1.06. The smallest absolute Gasteiger partial charge is 0.242 e. The molecule has 4 nitrogen and oxygen atoms in total. The highest BCUT2D eigenvalue weighted by Crippen LogP contribution is 2.13. The number of nitrogens with zero attached hydrogens (tertiary/aromatic N) is 1. The van der Waals surface area contributed by atoms with Crippen molar-refractivity contribution in [2.24, 2.45) is 5.92 Å². The highest BCUT2D eigenvalue weighted by atomic mass is 16.2. The first-order chi connectivity index (χ1) is 13.0. The Labute approximate surface area is 162 Å². The SMILES string of the molecule is CC(C)CNC(=O)[C@@H](C)N(Cc1ccccc1)C(=O)CCc1ccccc1. The van der Waals surface area contributed by atoms with Crippen molar-refractivity contribution in [3.8, 4) is 0 Å². The van der Waals surface area contributed by atoms with Gasteiger partial charge in [-0.2, -0.15) is 0 Å². The second kappa shape index (κ2) is 10.5. The number of rotatable bonds is 9. The normalized spacial score (nSPS) is 11.9. The fraction of sp³-hybridized carbons (Fsp3) is 0.391. The Balaban J connectivity index is 2.07. The third-order valence-electron chi connectivity index (χ3n) is 4.52. The molecule has 0 saturated heterocycles. The van der Waals surface area contributed by atoms with E-state index in [1.807, 2.05) is 60.7 Å². The van der Waals surface area contributed by atoms with Gasteiger partial charge in [-0.15, -0.1) is 0 Å². The van der Waals surface area contributed by atoms with Gasteiger partial charge in [0.15, 0.2) is 0 Å². The fourth-order valence-corrected chi connectivity index (χ4v) is 2.85. The van der Waals surface area contributed by atoms with E-state index in [-0.39, 0.29) is 11.8 Å². The number of hydrogen-bond donors (Lipinski definition) is 1. The molecule has 0 aliphatic carbocycles. The Hall–Kier alpha value is -2.62. The van der Waals surface area contributed by atoms with E-state index in [0.717, 1.165) is 11.1 Å². The first-order valence-corrected chi connectivity index (χ1v) is 9.62. The molecule has 2 amide bonds. The van der Waals surface area contributed by atoms with E-state index in [0.29, 0.717) is 31.8 Å². The topological polar surface area (TPSA) is 49.4 Å². The summed E-state index contributed by atoms with van der Waals surface area (Å²) in [7, 11) is 0. The zero-order chi connectivity index (χ0) is 19.6. The molecule has 0 bridgehead atoms. The van der Waals surface area contributed by atoms with Crippen LogP contribution >= 0.6 is 0 Å². The quantitative estimate of drug-likeness (QED) is 0.734. The van der Waals surface area contributed by atoms with Crippen molar-refractivity contribution in [3.63, 3.8) is 0 Å². The maximum absolute atomic E-state index is 13.0. The average molecular weight is 367 g/mol. The van der Waals surface area contributed by atoms with Crippen molar-refractivity contribution in [3.05, 3.63) is 71.8 Å². The summed E-state index contributed by atoms with van der Waals surface area (Å²) in [5.41, 5.74) is 2.15. The number of nitrogens with one attached hydrogen (secondary N) is 1. The third kappa shape index (κ3) is 6.89. The van der Waals surface area contributed by atoms with Crippen LogP contribution in [-0.4, -0.2) is 29.3 Å². The van der Waals surface area contributed by atoms with Crippen LogP contribution in [0.2, 0.25) is 0 Å². The van der Waals surface area contributed by atoms with Crippen LogP contribution in [0.15, 0.2) is 60.7 Å². The largest absolute Gasteiger partial charge is 0.354 e. The zero-order valence-corrected chi connectivity index (χ0v) is 16.5. The molecule has 2 rings (SSSR count). The molecule has 1 N–H and O–H groups in total. The highest BCUT2D eigenvalue weighted by molar-refractivity contribution is 5.87. The monoisotopic (exact) mass is 366 g/mol. The predicted octanol–water partition coefficient (Wildman–Crippen LogP) is 3.81. The van der Waals surface area contributed by atoms with Crippen LogP contribution in [0.3, 0.4) is 0 Å². The number of aryl methyl sites for hydroxylation is 1. The molecule has 0 radical (unpaired) electrons. The molecule has 0 aliphatic heterocycles. The van der Waals surface area contributed by atoms with Gasteiger partial charge in [0, 0.05) is 19.5 Å². The van der Waals surface area contributed by atoms with Gasteiger partial charge in [0.1, 0.15) is 6.04 Å². The molecule has 1 atom stereocenters. The van der Waals surface area contributed by atoms with E-state index in [2.05, 4.69) is 19.2 Å². The summed E-state index contributed by atoms with van der Waals surface area (Å²) in [5.74, 6) is 0.264. The summed E-state index contributed by atoms with van der Waals surface area (Å²) in [5, 5.41) is 2.94. The minimum Gasteiger partial charge on any atom is -0.354 e. The lowest BCUT2D eigenvalue weighted by atomic mass is 10.1. The van der Waals surface area contributed by atoms with E-state index < -0.39 is 6.04 Å². The minimum absolute atomic E-state index is 0.00472. The van der Waals surface area contributed by atoms with Gasteiger partial charge >= 0.3 is 0 Å². The summed E-state index contributed by atoms with van der Waals surface area (Å²) in [6, 6.07) is 19.3. The fourth-order valence-electron chi connectivity index (χ4n) is 2.85. The second-order valence-electron chi connectivity index (χ2n) is 7.31. The van der Waals surface area contributed by atoms with Gasteiger partial charge in [0.05, 0.1) is 0 Å². The van der Waals surface area contributed by atoms with Gasteiger partial charge in [0.25, 0.3) is 0 Å². The number of carbonyl (C=O) groups is 2. The van der Waals surface area contributed by atoms with Gasteiger partial charge in [-0.3, -0.25) is 9.59 Å². The number of benzene rings is 2. The number of amides is 2. The van der Waals surface area contributed by atoms with Gasteiger partial charge < -0.3 is 10.2 Å². The number of hydrogen-bond acceptors (Lipinski definition) is 2. The Morgan fingerprint density at radius 1 is 0.889 bits per heavy atom. The van der Waals surface area contributed by atoms with Crippen LogP contribution in [0.25, 0.3) is 0 Å². The average Bonchev–Trinajstić information content (AvgIpc) is 2.69. The van der Waals surface area contributed by atoms with E-state index in [1.54, 1.807) is 11.8 Å². The van der Waals surface area contributed by atoms with Crippen LogP contribution in [0.1, 0.15) is 38.3 Å². The van der Waals surface area contributed by atoms with Crippen molar-refractivity contribution in [1.82, 2.24) is 10.2 Å². The molecular weight excluding hydrogens is 336 g/mol. The second-order valence-corrected chi connectivity index (χ2v) is 7.31. The Morgan fingerprint density at radius 3 is 2.00 bits per heavy atom. The zero-order valence-electron chi connectivity index (χ0n) is 16.5. The molecule has 144 valence electrons. The summed E-state index contributed by atoms with van der Waals surface area (Å²) in [6.45, 7) is 6.96. The lowest BCUT2D eigenvalue weighted by Crippen LogP contribution is -2.48. The maximum atomic E-state index is 13.0. The third-order valence-corrected chi connectivity index (χ3v) is 4.52. The summed E-state index contributed by atoms with van der Waals surface area (Å²) in [4.78, 5) is 27.2. The molecule has 0 aromatic heterocycles. The van der Waals surface area contributed by atoms with Crippen molar-refractivity contribution < 1.29 is 9.59 Å². The molecule has 0 heterocycles. The Kier molecular flexibility index (Phi) is 8.05. The Bertz CT molecular complexity index is 714. The molecule has 2 aromatic rings. The first kappa shape index (κ1) is 20.7. The Morgan fingerprint density at radius 2 is 1.44 bits per heavy atom. The van der Waals surface area contributed by atoms with Crippen LogP contribution in [0, 0.1) is 5.92 Å². The van der Waals surface area contributed by atoms with Gasteiger partial charge in [-0.1, -0.05) is 74.5 Å². The van der Waals surface area contributed by atoms with Crippen LogP contribution in [-0.2, 0) is 22.6 Å². The summed E-state index contributed by atoms with van der Waals surface area (Å²) >= 11 is 0. The van der Waals surface area contributed by atoms with Gasteiger partial charge in [0.2, 0.25) is 11.8 Å². The molecule has 0 saturated carbocycles. The van der Waals surface area contributed by atoms with Gasteiger partial charge in [-0.25, -0.2) is 0 Å². The highest BCUT2D eigenvalue weighted by Gasteiger charge is 2.25. The van der Waals surface area contributed by atoms with Gasteiger partial charge in [-0.05, 0) is 30.4 Å². The summed E-state index contributed by atoms with van der Waals surface area (Å²) < 4.78 is 0. The van der Waals surface area contributed by atoms with Crippen molar-refractivity contribution in [2.45, 2.75) is 46.2 Å². The lowest BCUT2D eigenvalue weighted by Gasteiger charge is -2.29. The van der Waals surface area contributed by atoms with Crippen LogP contribution in [0.5, 0.6) is 0 Å². The van der Waals surface area contributed by atoms with Crippen LogP contribution in [0.4, 0.5) is 0 Å². The first-order valence-electron chi connectivity index (χ1n) is 9.62. The molecular formula is C23H30N2O2. The van der Waals surface area contributed by atoms with E-state index in [1.165, 1.54) is 0 Å². The van der Waals surface area contributed by atoms with Crippen molar-refractivity contribution >= 4 is 11.8 Å². The maximum Gasteiger partial charge on any atom is 0.242 e. The molecule has 0 spiro atoms. The molecule has 0 fully saturated rings.